The second-order valence-electron chi connectivity index (χ2n) is 6.03. The van der Waals surface area contributed by atoms with Gasteiger partial charge in [0.25, 0.3) is 15.9 Å². The summed E-state index contributed by atoms with van der Waals surface area (Å²) in [7, 11) is -2.26. The van der Waals surface area contributed by atoms with Gasteiger partial charge in [-0.2, -0.15) is 0 Å². The lowest BCUT2D eigenvalue weighted by Crippen LogP contribution is -2.32. The summed E-state index contributed by atoms with van der Waals surface area (Å²) in [5.74, 6) is 0.347. The topological polar surface area (TPSA) is 84.5 Å². The van der Waals surface area contributed by atoms with Crippen LogP contribution in [0.5, 0.6) is 5.75 Å². The van der Waals surface area contributed by atoms with E-state index in [-0.39, 0.29) is 16.8 Å². The molecule has 2 aromatic rings. The Kier molecular flexibility index (Phi) is 6.63. The number of amides is 1. The maximum absolute atomic E-state index is 12.6. The van der Waals surface area contributed by atoms with Crippen LogP contribution in [0, 0.1) is 0 Å². The van der Waals surface area contributed by atoms with Gasteiger partial charge in [-0.25, -0.2) is 8.42 Å². The quantitative estimate of drug-likeness (QED) is 0.739. The third-order valence-corrected chi connectivity index (χ3v) is 5.23. The van der Waals surface area contributed by atoms with E-state index in [0.29, 0.717) is 17.0 Å². The first kappa shape index (κ1) is 19.8. The zero-order chi connectivity index (χ0) is 19.2. The van der Waals surface area contributed by atoms with Crippen molar-refractivity contribution in [3.8, 4) is 5.75 Å². The summed E-state index contributed by atoms with van der Waals surface area (Å²) in [5.41, 5.74) is 0.725. The third kappa shape index (κ3) is 5.23. The highest BCUT2D eigenvalue weighted by molar-refractivity contribution is 7.92. The Morgan fingerprint density at radius 3 is 2.46 bits per heavy atom. The first-order valence-corrected chi connectivity index (χ1v) is 9.92. The number of ether oxygens (including phenoxy) is 1. The maximum Gasteiger partial charge on any atom is 0.261 e. The second kappa shape index (κ2) is 8.71. The number of methoxy groups -OCH3 is 1. The number of nitrogens with one attached hydrogen (secondary N) is 2. The van der Waals surface area contributed by atoms with Crippen LogP contribution < -0.4 is 14.8 Å². The second-order valence-corrected chi connectivity index (χ2v) is 7.71. The van der Waals surface area contributed by atoms with E-state index in [4.69, 9.17) is 4.74 Å². The normalized spacial score (nSPS) is 12.3. The molecule has 0 heterocycles. The number of rotatable bonds is 8. The number of carbonyl (C=O) groups is 1. The number of benzene rings is 2. The lowest BCUT2D eigenvalue weighted by Gasteiger charge is -2.13. The summed E-state index contributed by atoms with van der Waals surface area (Å²) in [4.78, 5) is 12.3. The van der Waals surface area contributed by atoms with Gasteiger partial charge in [0.2, 0.25) is 0 Å². The Bertz CT molecular complexity index is 848. The summed E-state index contributed by atoms with van der Waals surface area (Å²) in [5, 5.41) is 2.87. The van der Waals surface area contributed by atoms with Gasteiger partial charge in [0, 0.05) is 17.3 Å². The van der Waals surface area contributed by atoms with Crippen molar-refractivity contribution in [3.63, 3.8) is 0 Å². The average molecular weight is 376 g/mol. The molecular formula is C19H24N2O4S. The molecule has 1 amide bonds. The van der Waals surface area contributed by atoms with E-state index >= 15 is 0 Å². The minimum atomic E-state index is -3.80. The summed E-state index contributed by atoms with van der Waals surface area (Å²) in [6, 6.07) is 12.6. The van der Waals surface area contributed by atoms with Crippen LogP contribution in [-0.2, 0) is 10.0 Å². The van der Waals surface area contributed by atoms with Gasteiger partial charge >= 0.3 is 0 Å². The molecule has 0 aromatic heterocycles. The van der Waals surface area contributed by atoms with Gasteiger partial charge in [-0.1, -0.05) is 19.4 Å². The minimum Gasteiger partial charge on any atom is -0.497 e. The lowest BCUT2D eigenvalue weighted by atomic mass is 10.1. The molecule has 6 nitrogen and oxygen atoms in total. The largest absolute Gasteiger partial charge is 0.497 e. The van der Waals surface area contributed by atoms with Crippen LogP contribution in [0.1, 0.15) is 37.0 Å². The van der Waals surface area contributed by atoms with Crippen molar-refractivity contribution in [2.24, 2.45) is 0 Å². The van der Waals surface area contributed by atoms with Gasteiger partial charge in [-0.3, -0.25) is 9.52 Å². The average Bonchev–Trinajstić information content (AvgIpc) is 2.62. The molecule has 0 aliphatic heterocycles. The van der Waals surface area contributed by atoms with Crippen LogP contribution in [0.15, 0.2) is 53.4 Å². The smallest absolute Gasteiger partial charge is 0.261 e. The number of sulfonamides is 1. The van der Waals surface area contributed by atoms with E-state index in [1.165, 1.54) is 19.2 Å². The molecule has 0 radical (unpaired) electrons. The fourth-order valence-corrected chi connectivity index (χ4v) is 3.59. The Morgan fingerprint density at radius 1 is 1.15 bits per heavy atom. The van der Waals surface area contributed by atoms with E-state index in [1.807, 2.05) is 13.8 Å². The first-order valence-electron chi connectivity index (χ1n) is 8.43. The van der Waals surface area contributed by atoms with Crippen molar-refractivity contribution in [1.82, 2.24) is 5.32 Å². The van der Waals surface area contributed by atoms with Gasteiger partial charge in [0.1, 0.15) is 5.75 Å². The zero-order valence-electron chi connectivity index (χ0n) is 15.2. The molecule has 0 aliphatic carbocycles. The summed E-state index contributed by atoms with van der Waals surface area (Å²) >= 11 is 0. The molecule has 2 rings (SSSR count). The third-order valence-electron chi connectivity index (χ3n) is 3.85. The molecule has 0 fully saturated rings. The van der Waals surface area contributed by atoms with Crippen LogP contribution >= 0.6 is 0 Å². The van der Waals surface area contributed by atoms with E-state index < -0.39 is 10.0 Å². The molecule has 0 saturated heterocycles. The van der Waals surface area contributed by atoms with Gasteiger partial charge in [0.05, 0.1) is 12.0 Å². The van der Waals surface area contributed by atoms with Gasteiger partial charge in [-0.05, 0) is 55.8 Å². The van der Waals surface area contributed by atoms with Crippen LogP contribution in [0.2, 0.25) is 0 Å². The number of anilines is 1. The van der Waals surface area contributed by atoms with Crippen LogP contribution in [0.25, 0.3) is 0 Å². The number of hydrogen-bond acceptors (Lipinski definition) is 4. The van der Waals surface area contributed by atoms with E-state index in [2.05, 4.69) is 10.0 Å². The Balaban J connectivity index is 2.17. The predicted molar refractivity (Wildman–Crippen MR) is 102 cm³/mol. The Hall–Kier alpha value is -2.54. The van der Waals surface area contributed by atoms with E-state index in [1.54, 1.807) is 36.4 Å². The molecule has 140 valence electrons. The molecule has 2 N–H and O–H groups in total. The number of carbonyl (C=O) groups excluding carboxylic acids is 1. The van der Waals surface area contributed by atoms with Crippen molar-refractivity contribution >= 4 is 21.6 Å². The predicted octanol–water partition coefficient (Wildman–Crippen LogP) is 3.41. The molecule has 1 atom stereocenters. The first-order chi connectivity index (χ1) is 12.4. The fraction of sp³-hybridized carbons (Fsp3) is 0.316. The lowest BCUT2D eigenvalue weighted by molar-refractivity contribution is 0.0938. The van der Waals surface area contributed by atoms with Crippen molar-refractivity contribution in [2.45, 2.75) is 37.6 Å². The highest BCUT2D eigenvalue weighted by Crippen LogP contribution is 2.20. The van der Waals surface area contributed by atoms with Gasteiger partial charge < -0.3 is 10.1 Å². The highest BCUT2D eigenvalue weighted by Gasteiger charge is 2.17. The molecular weight excluding hydrogens is 352 g/mol. The summed E-state index contributed by atoms with van der Waals surface area (Å²) < 4.78 is 32.7. The molecule has 1 unspecified atom stereocenters. The molecule has 7 heteroatoms. The molecule has 0 saturated carbocycles. The summed E-state index contributed by atoms with van der Waals surface area (Å²) in [6.45, 7) is 3.97. The monoisotopic (exact) mass is 376 g/mol. The Morgan fingerprint density at radius 2 is 1.85 bits per heavy atom. The van der Waals surface area contributed by atoms with Gasteiger partial charge in [-0.15, -0.1) is 0 Å². The zero-order valence-corrected chi connectivity index (χ0v) is 16.0. The van der Waals surface area contributed by atoms with Crippen LogP contribution in [-0.4, -0.2) is 27.5 Å². The minimum absolute atomic E-state index is 0.0316. The molecule has 0 bridgehead atoms. The maximum atomic E-state index is 12.6. The molecule has 26 heavy (non-hydrogen) atoms. The van der Waals surface area contributed by atoms with Crippen LogP contribution in [0.4, 0.5) is 5.69 Å². The van der Waals surface area contributed by atoms with Crippen molar-refractivity contribution < 1.29 is 17.9 Å². The van der Waals surface area contributed by atoms with Crippen LogP contribution in [0.3, 0.4) is 0 Å². The van der Waals surface area contributed by atoms with E-state index in [9.17, 15) is 13.2 Å². The highest BCUT2D eigenvalue weighted by atomic mass is 32.2. The van der Waals surface area contributed by atoms with E-state index in [0.717, 1.165) is 12.8 Å². The molecule has 2 aromatic carbocycles. The fourth-order valence-electron chi connectivity index (χ4n) is 2.49. The standard InChI is InChI=1S/C19H24N2O4S/c1-4-6-14(2)20-19(22)15-7-5-8-18(13-15)26(23,24)21-16-9-11-17(25-3)12-10-16/h5,7-14,21H,4,6H2,1-3H3,(H,20,22). The Labute approximate surface area is 154 Å². The molecule has 0 spiro atoms. The SMILES string of the molecule is CCCC(C)NC(=O)c1cccc(S(=O)(=O)Nc2ccc(OC)cc2)c1. The van der Waals surface area contributed by atoms with Crippen molar-refractivity contribution in [2.75, 3.05) is 11.8 Å². The molecule has 0 aliphatic rings. The van der Waals surface area contributed by atoms with Crippen molar-refractivity contribution in [3.05, 3.63) is 54.1 Å². The number of hydrogen-bond donors (Lipinski definition) is 2. The van der Waals surface area contributed by atoms with Crippen molar-refractivity contribution in [1.29, 1.82) is 0 Å². The summed E-state index contributed by atoms with van der Waals surface area (Å²) in [6.07, 6.45) is 1.82. The van der Waals surface area contributed by atoms with Gasteiger partial charge in [0.15, 0.2) is 0 Å².